The van der Waals surface area contributed by atoms with Gasteiger partial charge in [0.2, 0.25) is 6.79 Å². The van der Waals surface area contributed by atoms with Gasteiger partial charge in [0.15, 0.2) is 16.6 Å². The van der Waals surface area contributed by atoms with Gasteiger partial charge in [0.1, 0.15) is 0 Å². The van der Waals surface area contributed by atoms with Gasteiger partial charge in [0, 0.05) is 35.9 Å². The summed E-state index contributed by atoms with van der Waals surface area (Å²) in [5.41, 5.74) is 4.48. The first-order valence-electron chi connectivity index (χ1n) is 11.2. The highest BCUT2D eigenvalue weighted by Gasteiger charge is 2.23. The van der Waals surface area contributed by atoms with Crippen molar-refractivity contribution >= 4 is 33.9 Å². The number of thiocarbonyl (C=S) groups is 1. The predicted molar refractivity (Wildman–Crippen MR) is 132 cm³/mol. The molecule has 0 bridgehead atoms. The second kappa shape index (κ2) is 9.03. The molecule has 3 heterocycles. The van der Waals surface area contributed by atoms with Crippen molar-refractivity contribution in [3.05, 3.63) is 63.4 Å². The Morgan fingerprint density at radius 2 is 2.00 bits per heavy atom. The van der Waals surface area contributed by atoms with Crippen LogP contribution in [0.4, 0.5) is 5.69 Å². The van der Waals surface area contributed by atoms with E-state index in [9.17, 15) is 4.79 Å². The number of nitrogens with zero attached hydrogens (tertiary/aromatic N) is 1. The van der Waals surface area contributed by atoms with Gasteiger partial charge in [-0.1, -0.05) is 17.7 Å². The van der Waals surface area contributed by atoms with Crippen molar-refractivity contribution in [1.29, 1.82) is 0 Å². The molecule has 7 nitrogen and oxygen atoms in total. The normalized spacial score (nSPS) is 16.8. The number of nitrogens with one attached hydrogen (secondary N) is 2. The van der Waals surface area contributed by atoms with Crippen molar-refractivity contribution in [3.63, 3.8) is 0 Å². The number of aryl methyl sites for hydroxylation is 2. The summed E-state index contributed by atoms with van der Waals surface area (Å²) < 4.78 is 16.8. The minimum atomic E-state index is -0.145. The standard InChI is InChI=1S/C25H27N3O4S/c1-15-5-6-20(16(2)8-15)27-25(33)28(13-19-4-3-7-30-19)12-18-9-17-10-22-23(32-14-31-22)11-21(17)26-24(18)29/h5-6,8-11,19H,3-4,7,12-14H2,1-2H3,(H,26,29)(H,27,33)/t19-/m1/s1. The summed E-state index contributed by atoms with van der Waals surface area (Å²) in [5, 5.41) is 4.84. The van der Waals surface area contributed by atoms with Gasteiger partial charge in [-0.3, -0.25) is 4.79 Å². The molecule has 3 aromatic rings. The number of hydrogen-bond donors (Lipinski definition) is 2. The molecule has 172 valence electrons. The fourth-order valence-corrected chi connectivity index (χ4v) is 4.61. The minimum Gasteiger partial charge on any atom is -0.454 e. The van der Waals surface area contributed by atoms with E-state index in [4.69, 9.17) is 26.4 Å². The lowest BCUT2D eigenvalue weighted by Crippen LogP contribution is -2.40. The topological polar surface area (TPSA) is 75.8 Å². The molecule has 1 atom stereocenters. The molecule has 0 saturated carbocycles. The quantitative estimate of drug-likeness (QED) is 0.546. The Bertz CT molecular complexity index is 1270. The molecule has 0 amide bonds. The first-order valence-corrected chi connectivity index (χ1v) is 11.6. The van der Waals surface area contributed by atoms with E-state index < -0.39 is 0 Å². The summed E-state index contributed by atoms with van der Waals surface area (Å²) in [4.78, 5) is 17.9. The minimum absolute atomic E-state index is 0.0946. The summed E-state index contributed by atoms with van der Waals surface area (Å²) in [5.74, 6) is 1.33. The van der Waals surface area contributed by atoms with Crippen LogP contribution in [0.1, 0.15) is 29.5 Å². The summed E-state index contributed by atoms with van der Waals surface area (Å²) in [7, 11) is 0. The van der Waals surface area contributed by atoms with Gasteiger partial charge in [-0.15, -0.1) is 0 Å². The average Bonchev–Trinajstić information content (AvgIpc) is 3.45. The number of benzene rings is 2. The molecule has 1 aromatic heterocycles. The molecular weight excluding hydrogens is 438 g/mol. The van der Waals surface area contributed by atoms with E-state index >= 15 is 0 Å². The van der Waals surface area contributed by atoms with Crippen LogP contribution in [0.2, 0.25) is 0 Å². The third-order valence-corrected chi connectivity index (χ3v) is 6.49. The van der Waals surface area contributed by atoms with E-state index in [1.54, 1.807) is 6.07 Å². The summed E-state index contributed by atoms with van der Waals surface area (Å²) in [6.45, 7) is 6.07. The fraction of sp³-hybridized carbons (Fsp3) is 0.360. The molecule has 0 radical (unpaired) electrons. The third kappa shape index (κ3) is 4.67. The molecule has 8 heteroatoms. The maximum atomic E-state index is 12.9. The summed E-state index contributed by atoms with van der Waals surface area (Å²) in [6, 6.07) is 11.8. The molecule has 1 fully saturated rings. The SMILES string of the molecule is Cc1ccc(NC(=S)N(Cc2cc3cc4c(cc3[nH]c2=O)OCO4)C[C@H]2CCCO2)c(C)c1. The smallest absolute Gasteiger partial charge is 0.253 e. The average molecular weight is 466 g/mol. The van der Waals surface area contributed by atoms with Crippen LogP contribution in [0.3, 0.4) is 0 Å². The number of rotatable bonds is 5. The van der Waals surface area contributed by atoms with Gasteiger partial charge in [0.25, 0.3) is 5.56 Å². The fourth-order valence-electron chi connectivity index (χ4n) is 4.37. The Balaban J connectivity index is 1.43. The summed E-state index contributed by atoms with van der Waals surface area (Å²) in [6.07, 6.45) is 2.12. The predicted octanol–water partition coefficient (Wildman–Crippen LogP) is 4.25. The van der Waals surface area contributed by atoms with Crippen LogP contribution in [0.5, 0.6) is 11.5 Å². The molecule has 2 aliphatic heterocycles. The number of hydrogen-bond acceptors (Lipinski definition) is 5. The highest BCUT2D eigenvalue weighted by atomic mass is 32.1. The molecule has 5 rings (SSSR count). The zero-order valence-corrected chi connectivity index (χ0v) is 19.6. The van der Waals surface area contributed by atoms with E-state index in [2.05, 4.69) is 36.3 Å². The number of pyridine rings is 1. The van der Waals surface area contributed by atoms with Crippen LogP contribution in [-0.2, 0) is 11.3 Å². The van der Waals surface area contributed by atoms with E-state index in [1.165, 1.54) is 5.56 Å². The number of aromatic amines is 1. The molecule has 2 N–H and O–H groups in total. The molecule has 1 saturated heterocycles. The lowest BCUT2D eigenvalue weighted by Gasteiger charge is -2.28. The molecule has 33 heavy (non-hydrogen) atoms. The summed E-state index contributed by atoms with van der Waals surface area (Å²) >= 11 is 5.80. The van der Waals surface area contributed by atoms with Gasteiger partial charge in [-0.05, 0) is 62.7 Å². The number of fused-ring (bicyclic) bond motifs is 2. The highest BCUT2D eigenvalue weighted by molar-refractivity contribution is 7.80. The lowest BCUT2D eigenvalue weighted by molar-refractivity contribution is 0.0904. The second-order valence-corrected chi connectivity index (χ2v) is 9.07. The largest absolute Gasteiger partial charge is 0.454 e. The molecule has 0 spiro atoms. The Kier molecular flexibility index (Phi) is 5.95. The van der Waals surface area contributed by atoms with Gasteiger partial charge in [0.05, 0.1) is 18.2 Å². The number of H-pyrrole nitrogens is 1. The highest BCUT2D eigenvalue weighted by Crippen LogP contribution is 2.35. The Morgan fingerprint density at radius 1 is 1.18 bits per heavy atom. The maximum absolute atomic E-state index is 12.9. The monoisotopic (exact) mass is 465 g/mol. The van der Waals surface area contributed by atoms with E-state index in [-0.39, 0.29) is 18.5 Å². The second-order valence-electron chi connectivity index (χ2n) is 8.68. The van der Waals surface area contributed by atoms with Crippen molar-refractivity contribution in [2.24, 2.45) is 0 Å². The van der Waals surface area contributed by atoms with Gasteiger partial charge in [-0.25, -0.2) is 0 Å². The van der Waals surface area contributed by atoms with Crippen LogP contribution in [0, 0.1) is 13.8 Å². The van der Waals surface area contributed by atoms with Crippen molar-refractivity contribution in [2.45, 2.75) is 39.3 Å². The number of anilines is 1. The van der Waals surface area contributed by atoms with Crippen molar-refractivity contribution < 1.29 is 14.2 Å². The van der Waals surface area contributed by atoms with Gasteiger partial charge >= 0.3 is 0 Å². The number of aromatic nitrogens is 1. The first-order chi connectivity index (χ1) is 16.0. The third-order valence-electron chi connectivity index (χ3n) is 6.13. The molecular formula is C25H27N3O4S. The molecule has 2 aromatic carbocycles. The van der Waals surface area contributed by atoms with Gasteiger partial charge < -0.3 is 29.4 Å². The number of ether oxygens (including phenoxy) is 3. The molecule has 2 aliphatic rings. The van der Waals surface area contributed by atoms with Crippen LogP contribution in [0.25, 0.3) is 10.9 Å². The van der Waals surface area contributed by atoms with Crippen LogP contribution in [-0.4, -0.2) is 41.0 Å². The van der Waals surface area contributed by atoms with E-state index in [1.807, 2.05) is 23.1 Å². The Hall–Kier alpha value is -3.10. The lowest BCUT2D eigenvalue weighted by atomic mass is 10.1. The van der Waals surface area contributed by atoms with Crippen LogP contribution in [0.15, 0.2) is 41.2 Å². The van der Waals surface area contributed by atoms with Gasteiger partial charge in [-0.2, -0.15) is 0 Å². The van der Waals surface area contributed by atoms with E-state index in [0.29, 0.717) is 35.3 Å². The first kappa shape index (κ1) is 21.7. The van der Waals surface area contributed by atoms with Crippen LogP contribution < -0.4 is 20.3 Å². The van der Waals surface area contributed by atoms with E-state index in [0.717, 1.165) is 41.6 Å². The maximum Gasteiger partial charge on any atom is 0.253 e. The Labute approximate surface area is 197 Å². The van der Waals surface area contributed by atoms with Crippen molar-refractivity contribution in [2.75, 3.05) is 25.3 Å². The zero-order chi connectivity index (χ0) is 22.9. The van der Waals surface area contributed by atoms with Crippen molar-refractivity contribution in [1.82, 2.24) is 9.88 Å². The van der Waals surface area contributed by atoms with Crippen LogP contribution >= 0.6 is 12.2 Å². The molecule has 0 aliphatic carbocycles. The Morgan fingerprint density at radius 3 is 2.76 bits per heavy atom. The van der Waals surface area contributed by atoms with Crippen molar-refractivity contribution in [3.8, 4) is 11.5 Å². The molecule has 0 unspecified atom stereocenters. The zero-order valence-electron chi connectivity index (χ0n) is 18.8.